The van der Waals surface area contributed by atoms with E-state index in [-0.39, 0.29) is 6.04 Å². The first-order valence-electron chi connectivity index (χ1n) is 2.70. The Morgan fingerprint density at radius 3 is 2.88 bits per heavy atom. The van der Waals surface area contributed by atoms with Crippen LogP contribution in [0.1, 0.15) is 6.42 Å². The highest BCUT2D eigenvalue weighted by Crippen LogP contribution is 1.99. The normalized spacial score (nSPS) is 30.2. The van der Waals surface area contributed by atoms with E-state index < -0.39 is 0 Å². The van der Waals surface area contributed by atoms with Crippen molar-refractivity contribution in [2.24, 2.45) is 0 Å². The average molecular weight is 111 g/mol. The molecule has 44 valence electrons. The van der Waals surface area contributed by atoms with Crippen molar-refractivity contribution in [2.45, 2.75) is 12.5 Å². The maximum atomic E-state index is 8.34. The maximum absolute atomic E-state index is 8.34. The molecule has 1 atom stereocenters. The molecule has 0 aromatic heterocycles. The van der Waals surface area contributed by atoms with Gasteiger partial charge in [0, 0.05) is 13.6 Å². The second-order valence-electron chi connectivity index (χ2n) is 2.02. The highest BCUT2D eigenvalue weighted by molar-refractivity contribution is 4.92. The van der Waals surface area contributed by atoms with E-state index in [1.54, 1.807) is 0 Å². The third kappa shape index (κ3) is 0.971. The van der Waals surface area contributed by atoms with Crippen molar-refractivity contribution in [3.05, 3.63) is 0 Å². The minimum Gasteiger partial charge on any atom is -0.246 e. The lowest BCUT2D eigenvalue weighted by atomic mass is 10.3. The number of nitriles is 1. The fraction of sp³-hybridized carbons (Fsp3) is 0.800. The van der Waals surface area contributed by atoms with Gasteiger partial charge >= 0.3 is 0 Å². The number of nitrogens with one attached hydrogen (secondary N) is 1. The minimum absolute atomic E-state index is 0.0556. The predicted octanol–water partition coefficient (Wildman–Crippen LogP) is -0.281. The standard InChI is InChI=1S/C5H9N3/c1-8-3-2-5(4-6)7-8/h5,7H,2-3H2,1H3. The Morgan fingerprint density at radius 1 is 1.88 bits per heavy atom. The number of hydrogen-bond donors (Lipinski definition) is 1. The van der Waals surface area contributed by atoms with Gasteiger partial charge in [0.15, 0.2) is 0 Å². The van der Waals surface area contributed by atoms with Crippen molar-refractivity contribution >= 4 is 0 Å². The first-order chi connectivity index (χ1) is 3.83. The third-order valence-electron chi connectivity index (χ3n) is 1.29. The van der Waals surface area contributed by atoms with Gasteiger partial charge in [0.05, 0.1) is 6.07 Å². The van der Waals surface area contributed by atoms with Gasteiger partial charge in [-0.2, -0.15) is 5.26 Å². The summed E-state index contributed by atoms with van der Waals surface area (Å²) in [6, 6.07) is 2.20. The molecule has 0 amide bonds. The molecule has 0 radical (unpaired) electrons. The average Bonchev–Trinajstić information content (AvgIpc) is 2.14. The van der Waals surface area contributed by atoms with E-state index in [0.717, 1.165) is 13.0 Å². The van der Waals surface area contributed by atoms with E-state index in [9.17, 15) is 0 Å². The Kier molecular flexibility index (Phi) is 1.47. The molecule has 0 saturated carbocycles. The number of hydrogen-bond acceptors (Lipinski definition) is 3. The molecule has 0 aliphatic carbocycles. The summed E-state index contributed by atoms with van der Waals surface area (Å²) in [5, 5.41) is 10.3. The zero-order valence-corrected chi connectivity index (χ0v) is 4.89. The van der Waals surface area contributed by atoms with Crippen molar-refractivity contribution in [3.8, 4) is 6.07 Å². The molecule has 3 nitrogen and oxygen atoms in total. The largest absolute Gasteiger partial charge is 0.246 e. The van der Waals surface area contributed by atoms with Crippen LogP contribution in [0.2, 0.25) is 0 Å². The van der Waals surface area contributed by atoms with Crippen LogP contribution in [0.3, 0.4) is 0 Å². The molecule has 0 spiro atoms. The van der Waals surface area contributed by atoms with E-state index >= 15 is 0 Å². The summed E-state index contributed by atoms with van der Waals surface area (Å²) in [5.41, 5.74) is 2.98. The molecule has 1 unspecified atom stereocenters. The monoisotopic (exact) mass is 111 g/mol. The van der Waals surface area contributed by atoms with Crippen LogP contribution < -0.4 is 5.43 Å². The molecule has 1 aliphatic heterocycles. The zero-order chi connectivity index (χ0) is 5.98. The van der Waals surface area contributed by atoms with E-state index in [1.165, 1.54) is 0 Å². The van der Waals surface area contributed by atoms with Gasteiger partial charge in [0.25, 0.3) is 0 Å². The van der Waals surface area contributed by atoms with E-state index in [2.05, 4.69) is 11.5 Å². The van der Waals surface area contributed by atoms with Gasteiger partial charge in [-0.05, 0) is 6.42 Å². The van der Waals surface area contributed by atoms with Gasteiger partial charge in [-0.1, -0.05) is 0 Å². The third-order valence-corrected chi connectivity index (χ3v) is 1.29. The zero-order valence-electron chi connectivity index (χ0n) is 4.89. The summed E-state index contributed by atoms with van der Waals surface area (Å²) in [5.74, 6) is 0. The van der Waals surface area contributed by atoms with Gasteiger partial charge in [-0.15, -0.1) is 0 Å². The lowest BCUT2D eigenvalue weighted by Gasteiger charge is -2.05. The molecule has 3 heteroatoms. The van der Waals surface area contributed by atoms with Crippen molar-refractivity contribution < 1.29 is 0 Å². The van der Waals surface area contributed by atoms with Crippen molar-refractivity contribution in [3.63, 3.8) is 0 Å². The summed E-state index contributed by atoms with van der Waals surface area (Å²) in [7, 11) is 1.94. The summed E-state index contributed by atoms with van der Waals surface area (Å²) >= 11 is 0. The van der Waals surface area contributed by atoms with Crippen LogP contribution in [0, 0.1) is 11.3 Å². The lowest BCUT2D eigenvalue weighted by molar-refractivity contribution is 0.304. The van der Waals surface area contributed by atoms with Gasteiger partial charge in [-0.25, -0.2) is 10.4 Å². The Morgan fingerprint density at radius 2 is 2.62 bits per heavy atom. The second-order valence-corrected chi connectivity index (χ2v) is 2.02. The van der Waals surface area contributed by atoms with Crippen LogP contribution >= 0.6 is 0 Å². The molecule has 1 aliphatic rings. The molecular weight excluding hydrogens is 102 g/mol. The van der Waals surface area contributed by atoms with Gasteiger partial charge < -0.3 is 0 Å². The lowest BCUT2D eigenvalue weighted by Crippen LogP contribution is -2.30. The van der Waals surface area contributed by atoms with Gasteiger partial charge in [-0.3, -0.25) is 0 Å². The first kappa shape index (κ1) is 5.54. The van der Waals surface area contributed by atoms with Crippen molar-refractivity contribution in [1.82, 2.24) is 10.4 Å². The molecular formula is C5H9N3. The van der Waals surface area contributed by atoms with Crippen LogP contribution in [-0.2, 0) is 0 Å². The Labute approximate surface area is 48.9 Å². The summed E-state index contributed by atoms with van der Waals surface area (Å²) in [6.45, 7) is 0.984. The molecule has 1 heterocycles. The van der Waals surface area contributed by atoms with Gasteiger partial charge in [0.2, 0.25) is 0 Å². The molecule has 0 bridgehead atoms. The van der Waals surface area contributed by atoms with Crippen molar-refractivity contribution in [2.75, 3.05) is 13.6 Å². The van der Waals surface area contributed by atoms with Gasteiger partial charge in [0.1, 0.15) is 6.04 Å². The second kappa shape index (κ2) is 2.12. The van der Waals surface area contributed by atoms with Crippen LogP contribution in [0.25, 0.3) is 0 Å². The van der Waals surface area contributed by atoms with Crippen molar-refractivity contribution in [1.29, 1.82) is 5.26 Å². The van der Waals surface area contributed by atoms with Crippen LogP contribution in [0.4, 0.5) is 0 Å². The quantitative estimate of drug-likeness (QED) is 0.467. The van der Waals surface area contributed by atoms with Crippen LogP contribution in [-0.4, -0.2) is 24.6 Å². The predicted molar refractivity (Wildman–Crippen MR) is 29.8 cm³/mol. The summed E-state index contributed by atoms with van der Waals surface area (Å²) < 4.78 is 0. The number of nitrogens with zero attached hydrogens (tertiary/aromatic N) is 2. The highest BCUT2D eigenvalue weighted by atomic mass is 15.5. The molecule has 1 fully saturated rings. The minimum atomic E-state index is 0.0556. The Bertz CT molecular complexity index is 115. The number of rotatable bonds is 0. The van der Waals surface area contributed by atoms with Crippen LogP contribution in [0.5, 0.6) is 0 Å². The fourth-order valence-electron chi connectivity index (χ4n) is 0.811. The molecule has 1 saturated heterocycles. The first-order valence-corrected chi connectivity index (χ1v) is 2.70. The highest BCUT2D eigenvalue weighted by Gasteiger charge is 2.16. The smallest absolute Gasteiger partial charge is 0.109 e. The maximum Gasteiger partial charge on any atom is 0.109 e. The molecule has 8 heavy (non-hydrogen) atoms. The van der Waals surface area contributed by atoms with E-state index in [4.69, 9.17) is 5.26 Å². The van der Waals surface area contributed by atoms with E-state index in [0.29, 0.717) is 0 Å². The summed E-state index contributed by atoms with van der Waals surface area (Å²) in [6.07, 6.45) is 0.951. The SMILES string of the molecule is CN1CCC(C#N)N1. The molecule has 1 N–H and O–H groups in total. The fourth-order valence-corrected chi connectivity index (χ4v) is 0.811. The molecule has 0 aromatic carbocycles. The number of hydrazine groups is 1. The van der Waals surface area contributed by atoms with E-state index in [1.807, 2.05) is 12.1 Å². The van der Waals surface area contributed by atoms with Crippen LogP contribution in [0.15, 0.2) is 0 Å². The molecule has 1 rings (SSSR count). The topological polar surface area (TPSA) is 39.1 Å². The Hall–Kier alpha value is -0.590. The summed E-state index contributed by atoms with van der Waals surface area (Å²) in [4.78, 5) is 0. The molecule has 0 aromatic rings. The Balaban J connectivity index is 2.35.